The Kier molecular flexibility index (Phi) is 3.32. The Morgan fingerprint density at radius 3 is 2.63 bits per heavy atom. The van der Waals surface area contributed by atoms with Gasteiger partial charge >= 0.3 is 6.03 Å². The van der Waals surface area contributed by atoms with Crippen molar-refractivity contribution in [1.82, 2.24) is 5.32 Å². The predicted molar refractivity (Wildman–Crippen MR) is 68.3 cm³/mol. The Morgan fingerprint density at radius 1 is 1.42 bits per heavy atom. The van der Waals surface area contributed by atoms with Gasteiger partial charge in [0.2, 0.25) is 0 Å². The molecule has 0 spiro atoms. The van der Waals surface area contributed by atoms with Crippen LogP contribution in [-0.2, 0) is 0 Å². The smallest absolute Gasteiger partial charge is 0.419 e. The van der Waals surface area contributed by atoms with E-state index in [1.807, 2.05) is 6.92 Å². The number of rotatable bonds is 2. The minimum atomic E-state index is -0.667. The number of hydrogen-bond acceptors (Lipinski definition) is 4. The number of nitrogens with zero attached hydrogens (tertiary/aromatic N) is 1. The lowest BCUT2D eigenvalue weighted by molar-refractivity contribution is -0.743. The maximum Gasteiger partial charge on any atom is 0.419 e. The molecule has 1 unspecified atom stereocenters. The Hall–Kier alpha value is -2.25. The molecule has 0 saturated carbocycles. The van der Waals surface area contributed by atoms with Crippen LogP contribution in [0.2, 0.25) is 0 Å². The fraction of sp³-hybridized carbons (Fsp3) is 0.250. The molecule has 1 saturated heterocycles. The summed E-state index contributed by atoms with van der Waals surface area (Å²) in [7, 11) is 0. The number of carbonyl (C=O) groups is 1. The van der Waals surface area contributed by atoms with Crippen molar-refractivity contribution in [3.63, 3.8) is 0 Å². The van der Waals surface area contributed by atoms with Crippen molar-refractivity contribution in [1.29, 1.82) is 0 Å². The highest BCUT2D eigenvalue weighted by atomic mass is 16.6. The van der Waals surface area contributed by atoms with Crippen molar-refractivity contribution < 1.29 is 14.8 Å². The van der Waals surface area contributed by atoms with Gasteiger partial charge in [-0.05, 0) is 31.1 Å². The number of urea groups is 1. The normalized spacial score (nSPS) is 20.7. The van der Waals surface area contributed by atoms with Crippen LogP contribution in [0.15, 0.2) is 17.8 Å². The Balaban J connectivity index is 2.50. The van der Waals surface area contributed by atoms with Gasteiger partial charge in [0.15, 0.2) is 0 Å². The molecule has 0 aromatic heterocycles. The Labute approximate surface area is 109 Å². The second-order valence-electron chi connectivity index (χ2n) is 4.42. The van der Waals surface area contributed by atoms with Gasteiger partial charge in [0, 0.05) is 6.07 Å². The van der Waals surface area contributed by atoms with Crippen LogP contribution in [0.3, 0.4) is 0 Å². The SMILES string of the molecule is Cc1ccc([N+](=O)[O-])c(C=C2C[NH+]([O-])C(=O)N2)c1C. The van der Waals surface area contributed by atoms with Crippen LogP contribution in [0.4, 0.5) is 10.5 Å². The van der Waals surface area contributed by atoms with Gasteiger partial charge in [-0.3, -0.25) is 20.5 Å². The Morgan fingerprint density at radius 2 is 2.11 bits per heavy atom. The average Bonchev–Trinajstić information content (AvgIpc) is 2.64. The molecule has 2 amide bonds. The number of quaternary nitrogens is 1. The molecule has 1 heterocycles. The van der Waals surface area contributed by atoms with Gasteiger partial charge in [-0.15, -0.1) is 0 Å². The number of aryl methyl sites for hydroxylation is 1. The van der Waals surface area contributed by atoms with Crippen LogP contribution >= 0.6 is 0 Å². The van der Waals surface area contributed by atoms with E-state index in [1.54, 1.807) is 13.0 Å². The topological polar surface area (TPSA) is 99.7 Å². The van der Waals surface area contributed by atoms with Crippen molar-refractivity contribution in [2.24, 2.45) is 0 Å². The van der Waals surface area contributed by atoms with E-state index in [-0.39, 0.29) is 12.2 Å². The lowest BCUT2D eigenvalue weighted by Crippen LogP contribution is -3.08. The largest absolute Gasteiger partial charge is 0.625 e. The minimum absolute atomic E-state index is 0.0378. The maximum atomic E-state index is 11.2. The van der Waals surface area contributed by atoms with Crippen LogP contribution < -0.4 is 10.4 Å². The first-order valence-electron chi connectivity index (χ1n) is 5.69. The first kappa shape index (κ1) is 13.2. The van der Waals surface area contributed by atoms with Crippen LogP contribution in [0.25, 0.3) is 6.08 Å². The summed E-state index contributed by atoms with van der Waals surface area (Å²) in [4.78, 5) is 21.6. The zero-order valence-electron chi connectivity index (χ0n) is 10.5. The summed E-state index contributed by atoms with van der Waals surface area (Å²) in [6.45, 7) is 3.58. The van der Waals surface area contributed by atoms with E-state index in [0.29, 0.717) is 11.3 Å². The zero-order chi connectivity index (χ0) is 14.2. The van der Waals surface area contributed by atoms with Crippen molar-refractivity contribution >= 4 is 17.8 Å². The van der Waals surface area contributed by atoms with Crippen LogP contribution in [0.5, 0.6) is 0 Å². The monoisotopic (exact) mass is 263 g/mol. The van der Waals surface area contributed by atoms with E-state index in [9.17, 15) is 20.1 Å². The number of nitrogens with one attached hydrogen (secondary N) is 2. The first-order valence-corrected chi connectivity index (χ1v) is 5.69. The highest BCUT2D eigenvalue weighted by Crippen LogP contribution is 2.26. The van der Waals surface area contributed by atoms with Crippen molar-refractivity contribution in [2.45, 2.75) is 13.8 Å². The maximum absolute atomic E-state index is 11.2. The molecule has 1 aliphatic heterocycles. The van der Waals surface area contributed by atoms with E-state index < -0.39 is 16.0 Å². The molecule has 1 atom stereocenters. The van der Waals surface area contributed by atoms with Gasteiger partial charge in [0.25, 0.3) is 5.69 Å². The zero-order valence-corrected chi connectivity index (χ0v) is 10.5. The number of hydrogen-bond donors (Lipinski definition) is 2. The van der Waals surface area contributed by atoms with Crippen molar-refractivity contribution in [3.8, 4) is 0 Å². The molecule has 0 bridgehead atoms. The number of amides is 2. The fourth-order valence-corrected chi connectivity index (χ4v) is 1.94. The molecule has 1 aromatic carbocycles. The molecule has 1 aliphatic rings. The third kappa shape index (κ3) is 2.47. The van der Waals surface area contributed by atoms with Crippen LogP contribution in [0.1, 0.15) is 16.7 Å². The van der Waals surface area contributed by atoms with Crippen molar-refractivity contribution in [2.75, 3.05) is 6.54 Å². The van der Waals surface area contributed by atoms with Gasteiger partial charge in [0.05, 0.1) is 16.2 Å². The molecule has 0 radical (unpaired) electrons. The van der Waals surface area contributed by atoms with Gasteiger partial charge in [0.1, 0.15) is 6.54 Å². The summed E-state index contributed by atoms with van der Waals surface area (Å²) in [6, 6.07) is 2.43. The fourth-order valence-electron chi connectivity index (χ4n) is 1.94. The summed E-state index contributed by atoms with van der Waals surface area (Å²) in [5.41, 5.74) is 2.45. The number of nitro groups is 1. The first-order chi connectivity index (χ1) is 8.90. The molecule has 7 heteroatoms. The molecule has 2 N–H and O–H groups in total. The highest BCUT2D eigenvalue weighted by molar-refractivity contribution is 5.75. The lowest BCUT2D eigenvalue weighted by atomic mass is 10.0. The van der Waals surface area contributed by atoms with E-state index in [1.165, 1.54) is 12.1 Å². The van der Waals surface area contributed by atoms with Crippen LogP contribution in [0, 0.1) is 29.2 Å². The molecule has 2 rings (SSSR count). The molecule has 0 aliphatic carbocycles. The molecule has 1 aromatic rings. The summed E-state index contributed by atoms with van der Waals surface area (Å²) >= 11 is 0. The lowest BCUT2D eigenvalue weighted by Gasteiger charge is -2.08. The summed E-state index contributed by atoms with van der Waals surface area (Å²) in [5.74, 6) is 0. The number of hydroxylamine groups is 2. The van der Waals surface area contributed by atoms with E-state index in [4.69, 9.17) is 0 Å². The van der Waals surface area contributed by atoms with E-state index >= 15 is 0 Å². The predicted octanol–water partition coefficient (Wildman–Crippen LogP) is 0.658. The summed E-state index contributed by atoms with van der Waals surface area (Å²) in [6.07, 6.45) is 1.50. The minimum Gasteiger partial charge on any atom is -0.625 e. The Bertz CT molecular complexity index is 595. The van der Waals surface area contributed by atoms with E-state index in [0.717, 1.165) is 11.1 Å². The van der Waals surface area contributed by atoms with Crippen molar-refractivity contribution in [3.05, 3.63) is 49.8 Å². The molecule has 100 valence electrons. The molecular weight excluding hydrogens is 250 g/mol. The second-order valence-corrected chi connectivity index (χ2v) is 4.42. The third-order valence-corrected chi connectivity index (χ3v) is 3.16. The average molecular weight is 263 g/mol. The van der Waals surface area contributed by atoms with Gasteiger partial charge < -0.3 is 5.21 Å². The number of carbonyl (C=O) groups excluding carboxylic acids is 1. The molecule has 1 fully saturated rings. The van der Waals surface area contributed by atoms with Gasteiger partial charge in [-0.2, -0.15) is 0 Å². The molecule has 7 nitrogen and oxygen atoms in total. The van der Waals surface area contributed by atoms with Gasteiger partial charge in [-0.1, -0.05) is 6.07 Å². The van der Waals surface area contributed by atoms with Crippen LogP contribution in [-0.4, -0.2) is 17.5 Å². The summed E-state index contributed by atoms with van der Waals surface area (Å²) < 4.78 is 0. The van der Waals surface area contributed by atoms with Gasteiger partial charge in [-0.25, -0.2) is 4.79 Å². The summed E-state index contributed by atoms with van der Waals surface area (Å²) in [5, 5.41) is 24.1. The molecule has 19 heavy (non-hydrogen) atoms. The van der Waals surface area contributed by atoms with E-state index in [2.05, 4.69) is 5.32 Å². The number of benzene rings is 1. The highest BCUT2D eigenvalue weighted by Gasteiger charge is 2.25. The second kappa shape index (κ2) is 4.79. The molecular formula is C12H13N3O4. The third-order valence-electron chi connectivity index (χ3n) is 3.16. The standard InChI is InChI=1S/C12H13N3O4/c1-7-3-4-11(15(18)19)10(8(7)2)5-9-6-14(17)12(16)13-9/h3-5,14H,6H2,1-2H3,(H,13,16). The quantitative estimate of drug-likeness (QED) is 0.465. The number of nitro benzene ring substituents is 1.